The Balaban J connectivity index is 1.29. The van der Waals surface area contributed by atoms with Crippen molar-refractivity contribution in [2.75, 3.05) is 4.90 Å². The van der Waals surface area contributed by atoms with Gasteiger partial charge in [0.25, 0.3) is 0 Å². The molecule has 3 heterocycles. The van der Waals surface area contributed by atoms with Crippen LogP contribution in [0.1, 0.15) is 18.1 Å². The van der Waals surface area contributed by atoms with Gasteiger partial charge in [-0.05, 0) is 60.2 Å². The molecule has 6 aromatic rings. The maximum absolute atomic E-state index is 6.67. The van der Waals surface area contributed by atoms with E-state index in [0.29, 0.717) is 0 Å². The fourth-order valence-corrected chi connectivity index (χ4v) is 6.64. The van der Waals surface area contributed by atoms with Crippen LogP contribution in [0.5, 0.6) is 0 Å². The van der Waals surface area contributed by atoms with Crippen molar-refractivity contribution in [3.05, 3.63) is 120 Å². The number of para-hydroxylation sites is 3. The Kier molecular flexibility index (Phi) is 3.94. The summed E-state index contributed by atoms with van der Waals surface area (Å²) in [5.74, 6) is 0. The highest BCUT2D eigenvalue weighted by molar-refractivity contribution is 6.13. The van der Waals surface area contributed by atoms with Gasteiger partial charge in [0.15, 0.2) is 0 Å². The normalized spacial score (nSPS) is 18.0. The predicted octanol–water partition coefficient (Wildman–Crippen LogP) is 8.93. The average molecular weight is 464 g/mol. The van der Waals surface area contributed by atoms with E-state index >= 15 is 0 Å². The van der Waals surface area contributed by atoms with E-state index in [9.17, 15) is 0 Å². The molecule has 172 valence electrons. The van der Waals surface area contributed by atoms with Crippen LogP contribution in [0.15, 0.2) is 114 Å². The summed E-state index contributed by atoms with van der Waals surface area (Å²) in [5.41, 5.74) is 12.3. The summed E-state index contributed by atoms with van der Waals surface area (Å²) in [4.78, 5) is 2.56. The van der Waals surface area contributed by atoms with Crippen LogP contribution in [0.4, 0.5) is 11.4 Å². The van der Waals surface area contributed by atoms with Crippen LogP contribution in [-0.2, 0) is 12.8 Å². The fourth-order valence-electron chi connectivity index (χ4n) is 6.64. The molecule has 1 atom stereocenters. The molecular weight excluding hydrogens is 438 g/mol. The first kappa shape index (κ1) is 19.9. The minimum Gasteiger partial charge on any atom is -0.455 e. The SMILES string of the molecule is CC12Cc3ccccc3N1c1ccc(-c3cccc4c3oc3c(-c5ccccc5)cccc34)cc1C2. The minimum atomic E-state index is 0.112. The Hall–Kier alpha value is -4.30. The van der Waals surface area contributed by atoms with Crippen molar-refractivity contribution >= 4 is 33.3 Å². The molecule has 0 spiro atoms. The van der Waals surface area contributed by atoms with Gasteiger partial charge in [0.05, 0.1) is 5.54 Å². The lowest BCUT2D eigenvalue weighted by atomic mass is 9.91. The second-order valence-electron chi connectivity index (χ2n) is 10.5. The molecule has 2 heteroatoms. The van der Waals surface area contributed by atoms with Crippen molar-refractivity contribution in [3.8, 4) is 22.3 Å². The fraction of sp³-hybridized carbons (Fsp3) is 0.118. The van der Waals surface area contributed by atoms with Crippen LogP contribution >= 0.6 is 0 Å². The van der Waals surface area contributed by atoms with Gasteiger partial charge in [0.1, 0.15) is 11.2 Å². The molecule has 1 unspecified atom stereocenters. The molecular formula is C34H25NO. The molecule has 1 aromatic heterocycles. The van der Waals surface area contributed by atoms with Gasteiger partial charge in [0.2, 0.25) is 0 Å². The highest BCUT2D eigenvalue weighted by Crippen LogP contribution is 2.52. The molecule has 5 aromatic carbocycles. The molecule has 8 rings (SSSR count). The Labute approximate surface area is 210 Å². The molecule has 2 aliphatic rings. The molecule has 0 N–H and O–H groups in total. The smallest absolute Gasteiger partial charge is 0.143 e. The van der Waals surface area contributed by atoms with E-state index in [1.165, 1.54) is 44.4 Å². The lowest BCUT2D eigenvalue weighted by molar-refractivity contribution is 0.507. The molecule has 0 saturated carbocycles. The lowest BCUT2D eigenvalue weighted by Gasteiger charge is -2.30. The van der Waals surface area contributed by atoms with E-state index in [0.717, 1.165) is 35.1 Å². The number of hydrogen-bond donors (Lipinski definition) is 0. The van der Waals surface area contributed by atoms with Crippen LogP contribution in [0.3, 0.4) is 0 Å². The van der Waals surface area contributed by atoms with Crippen molar-refractivity contribution in [3.63, 3.8) is 0 Å². The third-order valence-corrected chi connectivity index (χ3v) is 8.16. The Bertz CT molecular complexity index is 1810. The number of fused-ring (bicyclic) bond motifs is 8. The molecule has 0 fully saturated rings. The first-order valence-corrected chi connectivity index (χ1v) is 12.7. The molecule has 0 bridgehead atoms. The van der Waals surface area contributed by atoms with Gasteiger partial charge in [-0.1, -0.05) is 91.0 Å². The molecule has 36 heavy (non-hydrogen) atoms. The van der Waals surface area contributed by atoms with E-state index < -0.39 is 0 Å². The molecule has 0 radical (unpaired) electrons. The average Bonchev–Trinajstić information content (AvgIpc) is 3.53. The minimum absolute atomic E-state index is 0.112. The highest BCUT2D eigenvalue weighted by Gasteiger charge is 2.46. The number of furan rings is 1. The monoisotopic (exact) mass is 463 g/mol. The van der Waals surface area contributed by atoms with Gasteiger partial charge in [-0.15, -0.1) is 0 Å². The largest absolute Gasteiger partial charge is 0.455 e. The summed E-state index contributed by atoms with van der Waals surface area (Å²) in [7, 11) is 0. The standard InChI is InChI=1S/C34H25NO/c1-34-20-24-11-5-6-16-30(24)35(34)31-18-17-23(19-25(31)21-34)27-13-8-15-29-28-14-7-12-26(32(28)36-33(27)29)22-9-3-2-4-10-22/h2-19H,20-21H2,1H3. The third-order valence-electron chi connectivity index (χ3n) is 8.16. The molecule has 0 aliphatic carbocycles. The van der Waals surface area contributed by atoms with E-state index in [2.05, 4.69) is 121 Å². The van der Waals surface area contributed by atoms with E-state index in [-0.39, 0.29) is 5.54 Å². The van der Waals surface area contributed by atoms with Crippen LogP contribution in [0, 0.1) is 0 Å². The van der Waals surface area contributed by atoms with Crippen molar-refractivity contribution in [1.29, 1.82) is 0 Å². The first-order chi connectivity index (χ1) is 17.7. The van der Waals surface area contributed by atoms with Gasteiger partial charge in [-0.25, -0.2) is 0 Å². The molecule has 0 saturated heterocycles. The Morgan fingerprint density at radius 2 is 1.22 bits per heavy atom. The topological polar surface area (TPSA) is 16.4 Å². The van der Waals surface area contributed by atoms with Crippen LogP contribution in [0.25, 0.3) is 44.2 Å². The summed E-state index contributed by atoms with van der Waals surface area (Å²) in [6.45, 7) is 2.40. The summed E-state index contributed by atoms with van der Waals surface area (Å²) in [5, 5.41) is 2.33. The Morgan fingerprint density at radius 1 is 0.583 bits per heavy atom. The van der Waals surface area contributed by atoms with E-state index in [1.54, 1.807) is 0 Å². The van der Waals surface area contributed by atoms with Gasteiger partial charge in [-0.3, -0.25) is 0 Å². The maximum atomic E-state index is 6.67. The lowest BCUT2D eigenvalue weighted by Crippen LogP contribution is -2.37. The van der Waals surface area contributed by atoms with Gasteiger partial charge in [0, 0.05) is 33.3 Å². The zero-order valence-electron chi connectivity index (χ0n) is 20.2. The summed E-state index contributed by atoms with van der Waals surface area (Å²) < 4.78 is 6.67. The third kappa shape index (κ3) is 2.67. The number of hydrogen-bond acceptors (Lipinski definition) is 2. The summed E-state index contributed by atoms with van der Waals surface area (Å²) >= 11 is 0. The van der Waals surface area contributed by atoms with E-state index in [4.69, 9.17) is 4.42 Å². The first-order valence-electron chi connectivity index (χ1n) is 12.7. The maximum Gasteiger partial charge on any atom is 0.143 e. The van der Waals surface area contributed by atoms with Gasteiger partial charge >= 0.3 is 0 Å². The Morgan fingerprint density at radius 3 is 2.00 bits per heavy atom. The molecule has 2 nitrogen and oxygen atoms in total. The second kappa shape index (κ2) is 7.11. The van der Waals surface area contributed by atoms with Crippen LogP contribution in [0.2, 0.25) is 0 Å². The molecule has 0 amide bonds. The van der Waals surface area contributed by atoms with Crippen molar-refractivity contribution < 1.29 is 4.42 Å². The van der Waals surface area contributed by atoms with Crippen LogP contribution < -0.4 is 4.90 Å². The van der Waals surface area contributed by atoms with Crippen molar-refractivity contribution in [1.82, 2.24) is 0 Å². The van der Waals surface area contributed by atoms with Crippen molar-refractivity contribution in [2.45, 2.75) is 25.3 Å². The predicted molar refractivity (Wildman–Crippen MR) is 149 cm³/mol. The quantitative estimate of drug-likeness (QED) is 0.255. The van der Waals surface area contributed by atoms with Crippen LogP contribution in [-0.4, -0.2) is 5.54 Å². The number of nitrogens with zero attached hydrogens (tertiary/aromatic N) is 1. The zero-order valence-corrected chi connectivity index (χ0v) is 20.2. The number of anilines is 2. The number of rotatable bonds is 2. The van der Waals surface area contributed by atoms with E-state index in [1.807, 2.05) is 0 Å². The second-order valence-corrected chi connectivity index (χ2v) is 10.5. The van der Waals surface area contributed by atoms with Gasteiger partial charge < -0.3 is 9.32 Å². The summed E-state index contributed by atoms with van der Waals surface area (Å²) in [6.07, 6.45) is 2.15. The van der Waals surface area contributed by atoms with Gasteiger partial charge in [-0.2, -0.15) is 0 Å². The number of benzene rings is 5. The molecule has 2 aliphatic heterocycles. The zero-order chi connectivity index (χ0) is 23.9. The highest BCUT2D eigenvalue weighted by atomic mass is 16.3. The van der Waals surface area contributed by atoms with Crippen molar-refractivity contribution in [2.24, 2.45) is 0 Å². The summed E-state index contributed by atoms with van der Waals surface area (Å²) in [6, 6.07) is 39.3.